The Labute approximate surface area is 166 Å². The number of Topliss-reactive ketones (excluding diaryl/α,β-unsaturated/α-hetero) is 1. The zero-order valence-corrected chi connectivity index (χ0v) is 15.8. The van der Waals surface area contributed by atoms with Crippen LogP contribution in [-0.2, 0) is 0 Å². The fraction of sp³-hybridized carbons (Fsp3) is 0. The fourth-order valence-electron chi connectivity index (χ4n) is 2.19. The van der Waals surface area contributed by atoms with Gasteiger partial charge in [-0.15, -0.1) is 12.4 Å². The van der Waals surface area contributed by atoms with E-state index in [2.05, 4.69) is 4.98 Å². The van der Waals surface area contributed by atoms with Gasteiger partial charge in [0.1, 0.15) is 0 Å². The number of carbonyl (C=O) groups excluding carboxylic acids is 1. The summed E-state index contributed by atoms with van der Waals surface area (Å²) in [5, 5.41) is 1.40. The van der Waals surface area contributed by atoms with Crippen LogP contribution in [0, 0.1) is 0 Å². The van der Waals surface area contributed by atoms with Gasteiger partial charge >= 0.3 is 0 Å². The number of hydrogen-bond acceptors (Lipinski definition) is 2. The van der Waals surface area contributed by atoms with Gasteiger partial charge in [-0.05, 0) is 42.0 Å². The Kier molecular flexibility index (Phi) is 6.68. The quantitative estimate of drug-likeness (QED) is 0.380. The molecule has 7 heteroatoms. The van der Waals surface area contributed by atoms with Gasteiger partial charge in [-0.3, -0.25) is 4.79 Å². The zero-order chi connectivity index (χ0) is 17.1. The molecule has 0 aliphatic heterocycles. The molecule has 0 aliphatic carbocycles. The Balaban J connectivity index is 0.00000225. The summed E-state index contributed by atoms with van der Waals surface area (Å²) in [6, 6.07) is 12.0. The molecule has 25 heavy (non-hydrogen) atoms. The van der Waals surface area contributed by atoms with Crippen LogP contribution < -0.4 is 0 Å². The summed E-state index contributed by atoms with van der Waals surface area (Å²) in [7, 11) is 0. The maximum absolute atomic E-state index is 13.0. The molecule has 2 aromatic carbocycles. The minimum absolute atomic E-state index is 0. The lowest BCUT2D eigenvalue weighted by Gasteiger charge is -2.10. The molecule has 0 saturated carbocycles. The van der Waals surface area contributed by atoms with E-state index in [1.807, 2.05) is 12.1 Å². The lowest BCUT2D eigenvalue weighted by Crippen LogP contribution is -2.08. The number of aromatic nitrogens is 2. The van der Waals surface area contributed by atoms with Crippen molar-refractivity contribution in [2.75, 3.05) is 0 Å². The molecule has 3 rings (SSSR count). The highest BCUT2D eigenvalue weighted by Crippen LogP contribution is 2.26. The molecule has 0 aliphatic rings. The van der Waals surface area contributed by atoms with Crippen LogP contribution in [0.15, 0.2) is 61.2 Å². The second-order valence-electron chi connectivity index (χ2n) is 5.00. The van der Waals surface area contributed by atoms with Crippen LogP contribution in [0.1, 0.15) is 15.9 Å². The topological polar surface area (TPSA) is 34.9 Å². The Morgan fingerprint density at radius 1 is 1.00 bits per heavy atom. The van der Waals surface area contributed by atoms with Crippen molar-refractivity contribution in [2.24, 2.45) is 0 Å². The first-order chi connectivity index (χ1) is 11.5. The van der Waals surface area contributed by atoms with Gasteiger partial charge in [0.15, 0.2) is 0 Å². The molecule has 0 spiro atoms. The first kappa shape index (κ1) is 19.5. The van der Waals surface area contributed by atoms with Crippen LogP contribution in [0.5, 0.6) is 0 Å². The molecule has 1 heterocycles. The van der Waals surface area contributed by atoms with E-state index in [0.717, 1.165) is 5.56 Å². The Morgan fingerprint density at radius 3 is 2.28 bits per heavy atom. The molecule has 3 nitrogen and oxygen atoms in total. The number of ketones is 1. The van der Waals surface area contributed by atoms with Gasteiger partial charge in [-0.2, -0.15) is 0 Å². The van der Waals surface area contributed by atoms with Crippen molar-refractivity contribution in [3.05, 3.63) is 87.4 Å². The lowest BCUT2D eigenvalue weighted by atomic mass is 10.1. The number of hydrogen-bond donors (Lipinski definition) is 0. The van der Waals surface area contributed by atoms with Crippen molar-refractivity contribution in [2.45, 2.75) is 0 Å². The highest BCUT2D eigenvalue weighted by molar-refractivity contribution is 6.40. The molecular weight excluding hydrogens is 402 g/mol. The van der Waals surface area contributed by atoms with Crippen LogP contribution in [-0.4, -0.2) is 15.3 Å². The molecular formula is C18H12Cl4N2O. The highest BCUT2D eigenvalue weighted by Gasteiger charge is 2.17. The smallest absolute Gasteiger partial charge is 0.211 e. The fourth-order valence-corrected chi connectivity index (χ4v) is 2.81. The van der Waals surface area contributed by atoms with Gasteiger partial charge in [0.05, 0.1) is 17.0 Å². The maximum Gasteiger partial charge on any atom is 0.211 e. The third kappa shape index (κ3) is 4.65. The van der Waals surface area contributed by atoms with Crippen molar-refractivity contribution in [1.29, 1.82) is 0 Å². The molecule has 0 bridgehead atoms. The minimum Gasteiger partial charge on any atom is -0.303 e. The second kappa shape index (κ2) is 8.54. The summed E-state index contributed by atoms with van der Waals surface area (Å²) < 4.78 is 1.64. The summed E-state index contributed by atoms with van der Waals surface area (Å²) in [6.07, 6.45) is 6.62. The zero-order valence-electron chi connectivity index (χ0n) is 12.7. The third-order valence-corrected chi connectivity index (χ3v) is 4.16. The van der Waals surface area contributed by atoms with Crippen LogP contribution in [0.2, 0.25) is 15.1 Å². The molecule has 0 amide bonds. The van der Waals surface area contributed by atoms with Crippen molar-refractivity contribution in [3.8, 4) is 0 Å². The Hall–Kier alpha value is -1.78. The van der Waals surface area contributed by atoms with E-state index in [1.54, 1.807) is 59.7 Å². The average molecular weight is 414 g/mol. The molecule has 0 radical (unpaired) electrons. The Morgan fingerprint density at radius 2 is 1.68 bits per heavy atom. The maximum atomic E-state index is 13.0. The summed E-state index contributed by atoms with van der Waals surface area (Å²) in [5.41, 5.74) is 1.62. The van der Waals surface area contributed by atoms with Crippen LogP contribution >= 0.6 is 47.2 Å². The highest BCUT2D eigenvalue weighted by atomic mass is 35.5. The molecule has 128 valence electrons. The number of carbonyl (C=O) groups is 1. The number of halogens is 4. The van der Waals surface area contributed by atoms with E-state index >= 15 is 0 Å². The molecule has 3 aromatic rings. The van der Waals surface area contributed by atoms with Gasteiger partial charge in [-0.25, -0.2) is 4.98 Å². The van der Waals surface area contributed by atoms with E-state index in [4.69, 9.17) is 34.8 Å². The number of benzene rings is 2. The Bertz CT molecular complexity index is 903. The first-order valence-corrected chi connectivity index (χ1v) is 8.13. The molecule has 1 aromatic heterocycles. The van der Waals surface area contributed by atoms with Gasteiger partial charge in [0.2, 0.25) is 5.78 Å². The normalized spacial score (nSPS) is 11.1. The first-order valence-electron chi connectivity index (χ1n) is 7.00. The molecule has 0 fully saturated rings. The molecule has 0 N–H and O–H groups in total. The number of nitrogens with zero attached hydrogens (tertiary/aromatic N) is 2. The largest absolute Gasteiger partial charge is 0.303 e. The van der Waals surface area contributed by atoms with Crippen LogP contribution in [0.25, 0.3) is 11.8 Å². The third-order valence-electron chi connectivity index (χ3n) is 3.36. The van der Waals surface area contributed by atoms with Crippen molar-refractivity contribution >= 4 is 64.8 Å². The van der Waals surface area contributed by atoms with Gasteiger partial charge in [-0.1, -0.05) is 46.9 Å². The summed E-state index contributed by atoms with van der Waals surface area (Å²) in [6.45, 7) is 0. The predicted molar refractivity (Wildman–Crippen MR) is 106 cm³/mol. The molecule has 0 atom stereocenters. The van der Waals surface area contributed by atoms with E-state index in [1.165, 1.54) is 0 Å². The number of rotatable bonds is 4. The predicted octanol–water partition coefficient (Wildman–Crippen LogP) is 6.15. The molecule has 0 saturated heterocycles. The van der Waals surface area contributed by atoms with E-state index < -0.39 is 0 Å². The van der Waals surface area contributed by atoms with E-state index in [-0.39, 0.29) is 18.2 Å². The van der Waals surface area contributed by atoms with Crippen LogP contribution in [0.4, 0.5) is 0 Å². The number of imidazole rings is 1. The summed E-state index contributed by atoms with van der Waals surface area (Å²) in [5.74, 6) is -0.232. The average Bonchev–Trinajstić information content (AvgIpc) is 3.08. The van der Waals surface area contributed by atoms with Crippen molar-refractivity contribution < 1.29 is 4.79 Å². The minimum atomic E-state index is -0.232. The number of allylic oxidation sites excluding steroid dienone is 1. The van der Waals surface area contributed by atoms with Crippen molar-refractivity contribution in [3.63, 3.8) is 0 Å². The SMILES string of the molecule is Cl.O=C(C(=Cc1ccc(Cl)cc1)n1ccnc1)c1ccc(Cl)cc1Cl. The lowest BCUT2D eigenvalue weighted by molar-refractivity contribution is 0.105. The monoisotopic (exact) mass is 412 g/mol. The van der Waals surface area contributed by atoms with Gasteiger partial charge < -0.3 is 4.57 Å². The van der Waals surface area contributed by atoms with Crippen molar-refractivity contribution in [1.82, 2.24) is 9.55 Å². The standard InChI is InChI=1S/C18H11Cl3N2O.ClH/c19-13-3-1-12(2-4-13)9-17(23-8-7-22-11-23)18(24)15-6-5-14(20)10-16(15)21;/h1-11H;1H. The van der Waals surface area contributed by atoms with Gasteiger partial charge in [0.25, 0.3) is 0 Å². The summed E-state index contributed by atoms with van der Waals surface area (Å²) >= 11 is 18.0. The molecule has 0 unspecified atom stereocenters. The van der Waals surface area contributed by atoms with Gasteiger partial charge in [0, 0.05) is 28.0 Å². The van der Waals surface area contributed by atoms with Crippen LogP contribution in [0.3, 0.4) is 0 Å². The van der Waals surface area contributed by atoms with E-state index in [0.29, 0.717) is 26.3 Å². The summed E-state index contributed by atoms with van der Waals surface area (Å²) in [4.78, 5) is 17.0. The van der Waals surface area contributed by atoms with E-state index in [9.17, 15) is 4.79 Å². The second-order valence-corrected chi connectivity index (χ2v) is 6.28.